The fourth-order valence-corrected chi connectivity index (χ4v) is 2.07. The van der Waals surface area contributed by atoms with Gasteiger partial charge in [0.05, 0.1) is 7.11 Å². The summed E-state index contributed by atoms with van der Waals surface area (Å²) in [4.78, 5) is 23.5. The molecule has 0 saturated heterocycles. The van der Waals surface area contributed by atoms with Gasteiger partial charge in [-0.3, -0.25) is 0 Å². The average molecular weight is 319 g/mol. The van der Waals surface area contributed by atoms with Crippen molar-refractivity contribution < 1.29 is 27.8 Å². The number of alkyl carbamates (subject to hydrolysis) is 1. The second-order valence-corrected chi connectivity index (χ2v) is 6.35. The number of halogens is 2. The van der Waals surface area contributed by atoms with Gasteiger partial charge in [-0.15, -0.1) is 0 Å². The Bertz CT molecular complexity index is 455. The molecule has 0 heterocycles. The summed E-state index contributed by atoms with van der Waals surface area (Å²) in [5.74, 6) is -3.33. The molecule has 126 valence electrons. The van der Waals surface area contributed by atoms with E-state index in [-0.39, 0.29) is 25.7 Å². The monoisotopic (exact) mass is 319 g/mol. The Kier molecular flexibility index (Phi) is 5.91. The number of nitrogens with one attached hydrogen (secondary N) is 1. The van der Waals surface area contributed by atoms with Gasteiger partial charge in [0, 0.05) is 12.8 Å². The zero-order valence-corrected chi connectivity index (χ0v) is 13.4. The van der Waals surface area contributed by atoms with Gasteiger partial charge >= 0.3 is 12.1 Å². The van der Waals surface area contributed by atoms with Crippen molar-refractivity contribution in [2.75, 3.05) is 7.11 Å². The molecule has 0 fully saturated rings. The first-order valence-corrected chi connectivity index (χ1v) is 7.15. The van der Waals surface area contributed by atoms with E-state index in [1.165, 1.54) is 13.2 Å². The van der Waals surface area contributed by atoms with Crippen LogP contribution in [0.3, 0.4) is 0 Å². The lowest BCUT2D eigenvalue weighted by Gasteiger charge is -2.25. The van der Waals surface area contributed by atoms with Crippen molar-refractivity contribution in [1.82, 2.24) is 5.32 Å². The van der Waals surface area contributed by atoms with E-state index in [2.05, 4.69) is 10.1 Å². The third-order valence-corrected chi connectivity index (χ3v) is 3.14. The Labute approximate surface area is 129 Å². The minimum Gasteiger partial charge on any atom is -0.467 e. The molecule has 5 nitrogen and oxygen atoms in total. The summed E-state index contributed by atoms with van der Waals surface area (Å²) in [6, 6.07) is -0.946. The maximum Gasteiger partial charge on any atom is 0.408 e. The van der Waals surface area contributed by atoms with E-state index in [9.17, 15) is 18.4 Å². The molecule has 1 aliphatic rings. The zero-order chi connectivity index (χ0) is 17.0. The van der Waals surface area contributed by atoms with Crippen LogP contribution in [0.15, 0.2) is 11.6 Å². The number of rotatable bonds is 4. The van der Waals surface area contributed by atoms with Gasteiger partial charge in [0.15, 0.2) is 0 Å². The highest BCUT2D eigenvalue weighted by Crippen LogP contribution is 2.33. The van der Waals surface area contributed by atoms with Gasteiger partial charge in [0.2, 0.25) is 0 Å². The Morgan fingerprint density at radius 2 is 2.05 bits per heavy atom. The van der Waals surface area contributed by atoms with Crippen LogP contribution in [-0.2, 0) is 14.3 Å². The largest absolute Gasteiger partial charge is 0.467 e. The van der Waals surface area contributed by atoms with Crippen LogP contribution in [-0.4, -0.2) is 36.7 Å². The van der Waals surface area contributed by atoms with Gasteiger partial charge in [-0.25, -0.2) is 18.4 Å². The first kappa shape index (κ1) is 18.4. The molecule has 1 aliphatic carbocycles. The molecule has 7 heteroatoms. The maximum absolute atomic E-state index is 13.1. The summed E-state index contributed by atoms with van der Waals surface area (Å²) in [5.41, 5.74) is 0.00841. The molecule has 0 radical (unpaired) electrons. The first-order chi connectivity index (χ1) is 10.0. The number of hydrogen-bond donors (Lipinski definition) is 1. The quantitative estimate of drug-likeness (QED) is 0.638. The third kappa shape index (κ3) is 6.41. The molecule has 0 unspecified atom stereocenters. The fourth-order valence-electron chi connectivity index (χ4n) is 2.07. The van der Waals surface area contributed by atoms with Crippen LogP contribution in [0.4, 0.5) is 13.6 Å². The number of hydrogen-bond acceptors (Lipinski definition) is 4. The number of amides is 1. The third-order valence-electron chi connectivity index (χ3n) is 3.14. The number of esters is 1. The van der Waals surface area contributed by atoms with Crippen LogP contribution in [0.1, 0.15) is 46.5 Å². The molecule has 1 N–H and O–H groups in total. The summed E-state index contributed by atoms with van der Waals surface area (Å²) in [7, 11) is 1.20. The van der Waals surface area contributed by atoms with Gasteiger partial charge < -0.3 is 14.8 Å². The number of allylic oxidation sites excluding steroid dienone is 1. The van der Waals surface area contributed by atoms with Crippen LogP contribution in [0.2, 0.25) is 0 Å². The smallest absolute Gasteiger partial charge is 0.408 e. The number of ether oxygens (including phenoxy) is 2. The van der Waals surface area contributed by atoms with Crippen molar-refractivity contribution in [2.24, 2.45) is 0 Å². The van der Waals surface area contributed by atoms with E-state index in [1.54, 1.807) is 20.8 Å². The highest BCUT2D eigenvalue weighted by Gasteiger charge is 2.33. The molecule has 1 atom stereocenters. The molecule has 0 aliphatic heterocycles. The molecule has 0 aromatic rings. The standard InChI is InChI=1S/C15H23F2NO4/c1-14(2,3)22-13(20)18-11(12(19)21-4)9-10-5-7-15(16,17)8-6-10/h5,11H,6-9H2,1-4H3,(H,18,20)/t11-/m0/s1. The zero-order valence-electron chi connectivity index (χ0n) is 13.4. The molecule has 0 bridgehead atoms. The van der Waals surface area contributed by atoms with E-state index >= 15 is 0 Å². The fraction of sp³-hybridized carbons (Fsp3) is 0.733. The molecular formula is C15H23F2NO4. The van der Waals surface area contributed by atoms with E-state index in [1.807, 2.05) is 0 Å². The summed E-state index contributed by atoms with van der Waals surface area (Å²) in [6.07, 6.45) is 0.418. The summed E-state index contributed by atoms with van der Waals surface area (Å²) in [6.45, 7) is 5.10. The first-order valence-electron chi connectivity index (χ1n) is 7.15. The molecule has 0 aromatic heterocycles. The number of alkyl halides is 2. The predicted molar refractivity (Wildman–Crippen MR) is 76.7 cm³/mol. The lowest BCUT2D eigenvalue weighted by Crippen LogP contribution is -2.44. The van der Waals surface area contributed by atoms with Crippen molar-refractivity contribution in [3.63, 3.8) is 0 Å². The second kappa shape index (κ2) is 7.07. The van der Waals surface area contributed by atoms with Crippen molar-refractivity contribution in [3.8, 4) is 0 Å². The molecular weight excluding hydrogens is 296 g/mol. The van der Waals surface area contributed by atoms with Gasteiger partial charge in [-0.2, -0.15) is 0 Å². The number of carbonyl (C=O) groups excluding carboxylic acids is 2. The summed E-state index contributed by atoms with van der Waals surface area (Å²) >= 11 is 0. The highest BCUT2D eigenvalue weighted by molar-refractivity contribution is 5.81. The van der Waals surface area contributed by atoms with Crippen molar-refractivity contribution in [2.45, 2.75) is 64.0 Å². The molecule has 0 aromatic carbocycles. The van der Waals surface area contributed by atoms with Crippen LogP contribution >= 0.6 is 0 Å². The van der Waals surface area contributed by atoms with Crippen molar-refractivity contribution >= 4 is 12.1 Å². The Morgan fingerprint density at radius 3 is 2.50 bits per heavy atom. The number of methoxy groups -OCH3 is 1. The Morgan fingerprint density at radius 1 is 1.41 bits per heavy atom. The van der Waals surface area contributed by atoms with Crippen LogP contribution in [0.5, 0.6) is 0 Å². The van der Waals surface area contributed by atoms with Crippen LogP contribution < -0.4 is 5.32 Å². The van der Waals surface area contributed by atoms with Gasteiger partial charge in [-0.05, 0) is 33.6 Å². The average Bonchev–Trinajstić information content (AvgIpc) is 2.37. The van der Waals surface area contributed by atoms with Gasteiger partial charge in [0.1, 0.15) is 11.6 Å². The van der Waals surface area contributed by atoms with E-state index in [0.717, 1.165) is 0 Å². The van der Waals surface area contributed by atoms with Crippen LogP contribution in [0, 0.1) is 0 Å². The van der Waals surface area contributed by atoms with Crippen LogP contribution in [0.25, 0.3) is 0 Å². The topological polar surface area (TPSA) is 64.6 Å². The lowest BCUT2D eigenvalue weighted by molar-refractivity contribution is -0.143. The summed E-state index contributed by atoms with van der Waals surface area (Å²) < 4.78 is 35.9. The number of carbonyl (C=O) groups is 2. The normalized spacial score (nSPS) is 18.9. The van der Waals surface area contributed by atoms with Crippen molar-refractivity contribution in [3.05, 3.63) is 11.6 Å². The molecule has 1 rings (SSSR count). The molecule has 22 heavy (non-hydrogen) atoms. The lowest BCUT2D eigenvalue weighted by atomic mass is 9.92. The minimum absolute atomic E-state index is 0.141. The maximum atomic E-state index is 13.1. The highest BCUT2D eigenvalue weighted by atomic mass is 19.3. The Hall–Kier alpha value is -1.66. The van der Waals surface area contributed by atoms with Gasteiger partial charge in [0.25, 0.3) is 5.92 Å². The molecule has 1 amide bonds. The van der Waals surface area contributed by atoms with Gasteiger partial charge in [-0.1, -0.05) is 11.6 Å². The molecule has 0 spiro atoms. The Balaban J connectivity index is 2.68. The molecule has 0 saturated carbocycles. The van der Waals surface area contributed by atoms with E-state index < -0.39 is 29.6 Å². The predicted octanol–water partition coefficient (Wildman–Crippen LogP) is 3.19. The minimum atomic E-state index is -2.69. The van der Waals surface area contributed by atoms with E-state index in [0.29, 0.717) is 5.57 Å². The van der Waals surface area contributed by atoms with E-state index in [4.69, 9.17) is 4.74 Å². The second-order valence-electron chi connectivity index (χ2n) is 6.35. The van der Waals surface area contributed by atoms with Crippen molar-refractivity contribution in [1.29, 1.82) is 0 Å². The summed E-state index contributed by atoms with van der Waals surface area (Å²) in [5, 5.41) is 2.43. The SMILES string of the molecule is COC(=O)[C@H](CC1=CCC(F)(F)CC1)NC(=O)OC(C)(C)C.